The smallest absolute Gasteiger partial charge is 0.321 e. The van der Waals surface area contributed by atoms with Crippen molar-refractivity contribution in [2.45, 2.75) is 12.8 Å². The van der Waals surface area contributed by atoms with Gasteiger partial charge < -0.3 is 31.1 Å². The van der Waals surface area contributed by atoms with Crippen LogP contribution in [0.3, 0.4) is 0 Å². The Hall–Kier alpha value is -2.47. The summed E-state index contributed by atoms with van der Waals surface area (Å²) in [5.74, 6) is 1.05. The highest BCUT2D eigenvalue weighted by atomic mass is 79.9. The monoisotopic (exact) mass is 507 g/mol. The van der Waals surface area contributed by atoms with Crippen LogP contribution in [0.4, 0.5) is 27.9 Å². The fourth-order valence-corrected chi connectivity index (χ4v) is 3.76. The molecule has 32 heavy (non-hydrogen) atoms. The highest BCUT2D eigenvalue weighted by Gasteiger charge is 2.17. The van der Waals surface area contributed by atoms with Gasteiger partial charge in [-0.1, -0.05) is 6.07 Å². The predicted molar refractivity (Wildman–Crippen MR) is 128 cm³/mol. The van der Waals surface area contributed by atoms with Gasteiger partial charge in [0.05, 0.1) is 17.7 Å². The molecule has 0 radical (unpaired) electrons. The van der Waals surface area contributed by atoms with Crippen LogP contribution in [0.25, 0.3) is 0 Å². The summed E-state index contributed by atoms with van der Waals surface area (Å²) >= 11 is 3.45. The summed E-state index contributed by atoms with van der Waals surface area (Å²) in [4.78, 5) is 24.9. The molecule has 2 amide bonds. The molecule has 1 aliphatic heterocycles. The summed E-state index contributed by atoms with van der Waals surface area (Å²) in [6.45, 7) is 3.93. The summed E-state index contributed by atoms with van der Waals surface area (Å²) in [6.07, 6.45) is 3.76. The van der Waals surface area contributed by atoms with Crippen molar-refractivity contribution in [1.82, 2.24) is 19.8 Å². The zero-order chi connectivity index (χ0) is 22.8. The van der Waals surface area contributed by atoms with E-state index >= 15 is 0 Å². The zero-order valence-electron chi connectivity index (χ0n) is 17.9. The molecule has 0 bridgehead atoms. The number of hydrogen-bond acceptors (Lipinski definition) is 8. The number of nitrogens with one attached hydrogen (secondary N) is 3. The molecular formula is C21H30BrN7O3. The zero-order valence-corrected chi connectivity index (χ0v) is 19.5. The van der Waals surface area contributed by atoms with Crippen LogP contribution in [-0.2, 0) is 0 Å². The Morgan fingerprint density at radius 2 is 1.84 bits per heavy atom. The topological polar surface area (TPSA) is 126 Å². The van der Waals surface area contributed by atoms with Crippen molar-refractivity contribution >= 4 is 45.1 Å². The molecule has 0 saturated carbocycles. The van der Waals surface area contributed by atoms with Crippen molar-refractivity contribution in [3.05, 3.63) is 34.9 Å². The maximum Gasteiger partial charge on any atom is 0.321 e. The lowest BCUT2D eigenvalue weighted by Crippen LogP contribution is -2.34. The largest absolute Gasteiger partial charge is 0.395 e. The van der Waals surface area contributed by atoms with E-state index in [-0.39, 0.29) is 19.2 Å². The number of aliphatic hydroxyl groups excluding tert-OH is 2. The number of amides is 2. The van der Waals surface area contributed by atoms with Crippen LogP contribution in [0.15, 0.2) is 34.9 Å². The molecule has 0 atom stereocenters. The number of hydrogen-bond donors (Lipinski definition) is 5. The van der Waals surface area contributed by atoms with E-state index in [0.717, 1.165) is 36.1 Å². The van der Waals surface area contributed by atoms with Gasteiger partial charge in [0.2, 0.25) is 5.95 Å². The van der Waals surface area contributed by atoms with E-state index in [1.165, 1.54) is 0 Å². The highest BCUT2D eigenvalue weighted by Crippen LogP contribution is 2.23. The third-order valence-corrected chi connectivity index (χ3v) is 5.64. The van der Waals surface area contributed by atoms with E-state index in [9.17, 15) is 4.79 Å². The van der Waals surface area contributed by atoms with Crippen LogP contribution in [0.5, 0.6) is 0 Å². The van der Waals surface area contributed by atoms with E-state index < -0.39 is 0 Å². The van der Waals surface area contributed by atoms with Gasteiger partial charge in [-0.05, 0) is 47.0 Å². The summed E-state index contributed by atoms with van der Waals surface area (Å²) in [5.41, 5.74) is 1.46. The van der Waals surface area contributed by atoms with Crippen molar-refractivity contribution in [1.29, 1.82) is 0 Å². The fraction of sp³-hybridized carbons (Fsp3) is 0.476. The van der Waals surface area contributed by atoms with Crippen LogP contribution in [-0.4, -0.2) is 88.5 Å². The second-order valence-electron chi connectivity index (χ2n) is 7.44. The number of halogens is 1. The van der Waals surface area contributed by atoms with Gasteiger partial charge in [-0.15, -0.1) is 0 Å². The molecule has 1 aromatic carbocycles. The van der Waals surface area contributed by atoms with Gasteiger partial charge in [-0.3, -0.25) is 4.90 Å². The van der Waals surface area contributed by atoms with Gasteiger partial charge in [-0.25, -0.2) is 9.78 Å². The van der Waals surface area contributed by atoms with Crippen LogP contribution in [0.1, 0.15) is 12.8 Å². The Balaban J connectivity index is 1.58. The number of rotatable bonds is 11. The summed E-state index contributed by atoms with van der Waals surface area (Å²) in [5, 5.41) is 27.6. The molecule has 1 saturated heterocycles. The van der Waals surface area contributed by atoms with E-state index in [1.54, 1.807) is 6.20 Å². The molecule has 11 heteroatoms. The molecule has 5 N–H and O–H groups in total. The van der Waals surface area contributed by atoms with Crippen LogP contribution < -0.4 is 16.0 Å². The van der Waals surface area contributed by atoms with Gasteiger partial charge >= 0.3 is 6.03 Å². The minimum atomic E-state index is -0.0810. The Morgan fingerprint density at radius 1 is 1.12 bits per heavy atom. The third-order valence-electron chi connectivity index (χ3n) is 5.06. The molecule has 0 unspecified atom stereocenters. The van der Waals surface area contributed by atoms with Crippen molar-refractivity contribution in [3.8, 4) is 0 Å². The minimum absolute atomic E-state index is 0.0445. The Bertz CT molecular complexity index is 874. The van der Waals surface area contributed by atoms with Crippen molar-refractivity contribution in [2.24, 2.45) is 0 Å². The van der Waals surface area contributed by atoms with Gasteiger partial charge in [0.1, 0.15) is 5.82 Å². The Kier molecular flexibility index (Phi) is 9.47. The SMILES string of the molecule is O=C(Nc1cccc(Nc2ncc(Br)c(NCCN(CCO)CCO)n2)c1)N1CCCC1. The van der Waals surface area contributed by atoms with Crippen molar-refractivity contribution in [3.63, 3.8) is 0 Å². The number of anilines is 4. The van der Waals surface area contributed by atoms with Gasteiger partial charge in [-0.2, -0.15) is 4.98 Å². The number of aromatic nitrogens is 2. The molecule has 1 fully saturated rings. The normalized spacial score (nSPS) is 13.4. The Morgan fingerprint density at radius 3 is 2.56 bits per heavy atom. The second kappa shape index (κ2) is 12.5. The lowest BCUT2D eigenvalue weighted by atomic mass is 10.3. The van der Waals surface area contributed by atoms with E-state index in [1.807, 2.05) is 34.1 Å². The first-order chi connectivity index (χ1) is 15.6. The van der Waals surface area contributed by atoms with Crippen LogP contribution in [0.2, 0.25) is 0 Å². The Labute approximate surface area is 196 Å². The number of urea groups is 1. The number of aliphatic hydroxyl groups is 2. The van der Waals surface area contributed by atoms with E-state index in [4.69, 9.17) is 10.2 Å². The molecule has 174 valence electrons. The maximum atomic E-state index is 12.3. The molecule has 0 aliphatic carbocycles. The first kappa shape index (κ1) is 24.2. The molecule has 2 aromatic rings. The average Bonchev–Trinajstić information content (AvgIpc) is 3.32. The van der Waals surface area contributed by atoms with Crippen LogP contribution >= 0.6 is 15.9 Å². The molecule has 2 heterocycles. The summed E-state index contributed by atoms with van der Waals surface area (Å²) in [7, 11) is 0. The van der Waals surface area contributed by atoms with Gasteiger partial charge in [0.15, 0.2) is 0 Å². The predicted octanol–water partition coefficient (Wildman–Crippen LogP) is 2.31. The first-order valence-electron chi connectivity index (χ1n) is 10.7. The van der Waals surface area contributed by atoms with Crippen molar-refractivity contribution < 1.29 is 15.0 Å². The number of nitrogens with zero attached hydrogens (tertiary/aromatic N) is 4. The molecular weight excluding hydrogens is 478 g/mol. The number of carbonyl (C=O) groups is 1. The standard InChI is InChI=1S/C21H30BrN7O3/c22-18-15-24-20(27-19(18)23-6-9-28(10-12-30)11-13-31)25-16-4-3-5-17(14-16)26-21(32)29-7-1-2-8-29/h3-5,14-15,30-31H,1-2,6-13H2,(H,26,32)(H2,23,24,25,27). The minimum Gasteiger partial charge on any atom is -0.395 e. The van der Waals surface area contributed by atoms with Gasteiger partial charge in [0.25, 0.3) is 0 Å². The lowest BCUT2D eigenvalue weighted by Gasteiger charge is -2.20. The second-order valence-corrected chi connectivity index (χ2v) is 8.29. The summed E-state index contributed by atoms with van der Waals surface area (Å²) in [6, 6.07) is 7.35. The molecule has 0 spiro atoms. The quantitative estimate of drug-likeness (QED) is 0.313. The van der Waals surface area contributed by atoms with Crippen LogP contribution in [0, 0.1) is 0 Å². The average molecular weight is 508 g/mol. The van der Waals surface area contributed by atoms with E-state index in [2.05, 4.69) is 41.8 Å². The molecule has 1 aromatic heterocycles. The highest BCUT2D eigenvalue weighted by molar-refractivity contribution is 9.10. The molecule has 1 aliphatic rings. The van der Waals surface area contributed by atoms with E-state index in [0.29, 0.717) is 43.6 Å². The number of carbonyl (C=O) groups excluding carboxylic acids is 1. The third kappa shape index (κ3) is 7.30. The molecule has 3 rings (SSSR count). The number of benzene rings is 1. The number of likely N-dealkylation sites (tertiary alicyclic amines) is 1. The maximum absolute atomic E-state index is 12.3. The lowest BCUT2D eigenvalue weighted by molar-refractivity contribution is 0.165. The van der Waals surface area contributed by atoms with Gasteiger partial charge in [0, 0.05) is 56.8 Å². The fourth-order valence-electron chi connectivity index (χ4n) is 3.43. The first-order valence-corrected chi connectivity index (χ1v) is 11.5. The summed E-state index contributed by atoms with van der Waals surface area (Å²) < 4.78 is 0.727. The molecule has 10 nitrogen and oxygen atoms in total. The van der Waals surface area contributed by atoms with Crippen molar-refractivity contribution in [2.75, 3.05) is 68.4 Å².